The molecule has 0 fully saturated rings. The van der Waals surface area contributed by atoms with Crippen LogP contribution in [0.15, 0.2) is 45.2 Å². The van der Waals surface area contributed by atoms with E-state index in [1.54, 1.807) is 6.07 Å². The number of rotatable bonds is 2. The van der Waals surface area contributed by atoms with Crippen molar-refractivity contribution < 1.29 is 8.81 Å². The fraction of sp³-hybridized carbons (Fsp3) is 0. The van der Waals surface area contributed by atoms with Gasteiger partial charge in [-0.25, -0.2) is 9.37 Å². The van der Waals surface area contributed by atoms with Crippen molar-refractivity contribution in [2.24, 2.45) is 0 Å². The van der Waals surface area contributed by atoms with E-state index in [1.807, 2.05) is 6.07 Å². The van der Waals surface area contributed by atoms with Crippen LogP contribution in [0.1, 0.15) is 5.56 Å². The molecule has 74 valence electrons. The van der Waals surface area contributed by atoms with Crippen molar-refractivity contribution >= 4 is 11.8 Å². The zero-order valence-corrected chi connectivity index (χ0v) is 8.29. The third-order valence-electron chi connectivity index (χ3n) is 1.67. The molecule has 3 nitrogen and oxygen atoms in total. The van der Waals surface area contributed by atoms with E-state index in [0.29, 0.717) is 15.7 Å². The van der Waals surface area contributed by atoms with Crippen LogP contribution in [-0.2, 0) is 0 Å². The van der Waals surface area contributed by atoms with Gasteiger partial charge in [0.25, 0.3) is 5.22 Å². The Hall–Kier alpha value is -1.80. The average Bonchev–Trinajstić information content (AvgIpc) is 2.74. The molecule has 0 atom stereocenters. The lowest BCUT2D eigenvalue weighted by atomic mass is 10.2. The first-order valence-electron chi connectivity index (χ1n) is 4.06. The molecule has 2 rings (SSSR count). The summed E-state index contributed by atoms with van der Waals surface area (Å²) < 4.78 is 18.4. The van der Waals surface area contributed by atoms with Gasteiger partial charge in [-0.15, -0.1) is 0 Å². The first kappa shape index (κ1) is 9.74. The maximum absolute atomic E-state index is 13.4. The molecule has 1 aromatic carbocycles. The summed E-state index contributed by atoms with van der Waals surface area (Å²) in [6.45, 7) is 0. The highest BCUT2D eigenvalue weighted by Gasteiger charge is 2.07. The molecule has 0 unspecified atom stereocenters. The normalized spacial score (nSPS) is 9.87. The maximum Gasteiger partial charge on any atom is 0.260 e. The van der Waals surface area contributed by atoms with E-state index in [4.69, 9.17) is 9.68 Å². The highest BCUT2D eigenvalue weighted by molar-refractivity contribution is 7.99. The van der Waals surface area contributed by atoms with Crippen molar-refractivity contribution in [1.82, 2.24) is 4.98 Å². The number of nitriles is 1. The molecule has 1 aromatic heterocycles. The lowest BCUT2D eigenvalue weighted by Crippen LogP contribution is -1.83. The van der Waals surface area contributed by atoms with Crippen molar-refractivity contribution in [3.63, 3.8) is 0 Å². The van der Waals surface area contributed by atoms with Gasteiger partial charge in [0.2, 0.25) is 0 Å². The van der Waals surface area contributed by atoms with Crippen LogP contribution in [0.25, 0.3) is 0 Å². The Balaban J connectivity index is 2.27. The molecule has 0 aliphatic heterocycles. The molecule has 15 heavy (non-hydrogen) atoms. The Kier molecular flexibility index (Phi) is 2.70. The summed E-state index contributed by atoms with van der Waals surface area (Å²) in [6.07, 6.45) is 2.91. The van der Waals surface area contributed by atoms with E-state index in [9.17, 15) is 4.39 Å². The lowest BCUT2D eigenvalue weighted by molar-refractivity contribution is 0.453. The van der Waals surface area contributed by atoms with E-state index >= 15 is 0 Å². The molecule has 0 aliphatic carbocycles. The van der Waals surface area contributed by atoms with Crippen molar-refractivity contribution in [3.05, 3.63) is 42.0 Å². The zero-order chi connectivity index (χ0) is 10.7. The lowest BCUT2D eigenvalue weighted by Gasteiger charge is -1.98. The van der Waals surface area contributed by atoms with Crippen LogP contribution in [-0.4, -0.2) is 4.98 Å². The summed E-state index contributed by atoms with van der Waals surface area (Å²) in [7, 11) is 0. The van der Waals surface area contributed by atoms with Crippen molar-refractivity contribution in [2.45, 2.75) is 10.1 Å². The molecule has 0 N–H and O–H groups in total. The number of hydrogen-bond acceptors (Lipinski definition) is 4. The van der Waals surface area contributed by atoms with Crippen LogP contribution in [0.3, 0.4) is 0 Å². The molecule has 0 aliphatic rings. The molecule has 2 aromatic rings. The minimum Gasteiger partial charge on any atom is -0.440 e. The Morgan fingerprint density at radius 2 is 2.33 bits per heavy atom. The topological polar surface area (TPSA) is 49.8 Å². The number of benzene rings is 1. The summed E-state index contributed by atoms with van der Waals surface area (Å²) in [5, 5.41) is 8.93. The second-order valence-electron chi connectivity index (χ2n) is 2.66. The third kappa shape index (κ3) is 2.17. The van der Waals surface area contributed by atoms with Gasteiger partial charge in [0.05, 0.1) is 22.7 Å². The minimum atomic E-state index is -0.447. The Labute approximate surface area is 89.5 Å². The molecular formula is C10H5FN2OS. The SMILES string of the molecule is N#Cc1ccc(Sc2ncco2)c(F)c1. The predicted octanol–water partition coefficient (Wildman–Crippen LogP) is 2.84. The number of oxazole rings is 1. The van der Waals surface area contributed by atoms with Gasteiger partial charge < -0.3 is 4.42 Å². The number of nitrogens with zero attached hydrogens (tertiary/aromatic N) is 2. The number of hydrogen-bond donors (Lipinski definition) is 0. The van der Waals surface area contributed by atoms with Gasteiger partial charge in [-0.2, -0.15) is 5.26 Å². The molecular weight excluding hydrogens is 215 g/mol. The van der Waals surface area contributed by atoms with Gasteiger partial charge in [-0.3, -0.25) is 0 Å². The van der Waals surface area contributed by atoms with Gasteiger partial charge in [-0.1, -0.05) is 0 Å². The standard InChI is InChI=1S/C10H5FN2OS/c11-8-5-7(6-12)1-2-9(8)15-10-13-3-4-14-10/h1-5H. The van der Waals surface area contributed by atoms with Crippen molar-refractivity contribution in [1.29, 1.82) is 5.26 Å². The first-order chi connectivity index (χ1) is 7.29. The summed E-state index contributed by atoms with van der Waals surface area (Å²) in [6, 6.07) is 6.13. The minimum absolute atomic E-state index is 0.296. The average molecular weight is 220 g/mol. The smallest absolute Gasteiger partial charge is 0.260 e. The van der Waals surface area contributed by atoms with Crippen LogP contribution in [0.4, 0.5) is 4.39 Å². The molecule has 0 radical (unpaired) electrons. The van der Waals surface area contributed by atoms with Crippen LogP contribution in [0.2, 0.25) is 0 Å². The summed E-state index contributed by atoms with van der Waals surface area (Å²) in [4.78, 5) is 4.25. The van der Waals surface area contributed by atoms with Gasteiger partial charge in [0.1, 0.15) is 12.1 Å². The van der Waals surface area contributed by atoms with Crippen molar-refractivity contribution in [2.75, 3.05) is 0 Å². The highest BCUT2D eigenvalue weighted by atomic mass is 32.2. The van der Waals surface area contributed by atoms with E-state index < -0.39 is 5.82 Å². The third-order valence-corrected chi connectivity index (χ3v) is 2.60. The molecule has 0 saturated carbocycles. The largest absolute Gasteiger partial charge is 0.440 e. The summed E-state index contributed by atoms with van der Waals surface area (Å²) >= 11 is 1.08. The number of halogens is 1. The second kappa shape index (κ2) is 4.15. The fourth-order valence-corrected chi connectivity index (χ4v) is 1.71. The van der Waals surface area contributed by atoms with E-state index in [1.165, 1.54) is 24.6 Å². The van der Waals surface area contributed by atoms with Crippen LogP contribution in [0.5, 0.6) is 0 Å². The molecule has 0 spiro atoms. The Bertz CT molecular complexity index is 505. The van der Waals surface area contributed by atoms with E-state index in [0.717, 1.165) is 11.8 Å². The quantitative estimate of drug-likeness (QED) is 0.780. The number of aromatic nitrogens is 1. The molecule has 0 amide bonds. The van der Waals surface area contributed by atoms with Crippen LogP contribution < -0.4 is 0 Å². The zero-order valence-electron chi connectivity index (χ0n) is 7.48. The second-order valence-corrected chi connectivity index (χ2v) is 3.65. The van der Waals surface area contributed by atoms with Gasteiger partial charge in [0.15, 0.2) is 0 Å². The molecule has 1 heterocycles. The highest BCUT2D eigenvalue weighted by Crippen LogP contribution is 2.28. The maximum atomic E-state index is 13.4. The van der Waals surface area contributed by atoms with Gasteiger partial charge >= 0.3 is 0 Å². The fourth-order valence-electron chi connectivity index (χ4n) is 1.01. The molecule has 0 saturated heterocycles. The molecule has 5 heteroatoms. The predicted molar refractivity (Wildman–Crippen MR) is 51.7 cm³/mol. The van der Waals surface area contributed by atoms with Gasteiger partial charge in [-0.05, 0) is 30.0 Å². The monoisotopic (exact) mass is 220 g/mol. The summed E-state index contributed by atoms with van der Waals surface area (Å²) in [5.74, 6) is -0.447. The van der Waals surface area contributed by atoms with Crippen LogP contribution >= 0.6 is 11.8 Å². The Morgan fingerprint density at radius 3 is 2.93 bits per heavy atom. The van der Waals surface area contributed by atoms with E-state index in [2.05, 4.69) is 4.98 Å². The molecule has 0 bridgehead atoms. The first-order valence-corrected chi connectivity index (χ1v) is 4.88. The van der Waals surface area contributed by atoms with E-state index in [-0.39, 0.29) is 0 Å². The van der Waals surface area contributed by atoms with Crippen molar-refractivity contribution in [3.8, 4) is 6.07 Å². The van der Waals surface area contributed by atoms with Crippen LogP contribution in [0, 0.1) is 17.1 Å². The summed E-state index contributed by atoms with van der Waals surface area (Å²) in [5.41, 5.74) is 0.296. The van der Waals surface area contributed by atoms with Gasteiger partial charge in [0, 0.05) is 0 Å². The Morgan fingerprint density at radius 1 is 1.47 bits per heavy atom.